The molecule has 0 aliphatic heterocycles. The van der Waals surface area contributed by atoms with E-state index in [2.05, 4.69) is 11.9 Å². The highest BCUT2D eigenvalue weighted by molar-refractivity contribution is 5.74. The highest BCUT2D eigenvalue weighted by Crippen LogP contribution is 2.07. The van der Waals surface area contributed by atoms with Gasteiger partial charge in [-0.3, -0.25) is 4.79 Å². The first kappa shape index (κ1) is 7.06. The zero-order chi connectivity index (χ0) is 7.56. The van der Waals surface area contributed by atoms with Gasteiger partial charge in [0.25, 0.3) is 0 Å². The summed E-state index contributed by atoms with van der Waals surface area (Å²) < 4.78 is 0. The van der Waals surface area contributed by atoms with Crippen molar-refractivity contribution in [2.45, 2.75) is 20.3 Å². The van der Waals surface area contributed by atoms with E-state index in [0.29, 0.717) is 5.69 Å². The molecule has 0 unspecified atom stereocenters. The second-order valence-corrected chi connectivity index (χ2v) is 2.36. The Labute approximate surface area is 60.3 Å². The number of H-pyrrole nitrogens is 1. The molecule has 1 aromatic rings. The summed E-state index contributed by atoms with van der Waals surface area (Å²) in [7, 11) is 0. The molecule has 1 heterocycles. The van der Waals surface area contributed by atoms with E-state index in [1.807, 2.05) is 13.0 Å². The van der Waals surface area contributed by atoms with E-state index >= 15 is 0 Å². The van der Waals surface area contributed by atoms with Crippen LogP contribution in [0.4, 0.5) is 0 Å². The van der Waals surface area contributed by atoms with Gasteiger partial charge in [-0.25, -0.2) is 0 Å². The molecular weight excluding hydrogens is 126 g/mol. The van der Waals surface area contributed by atoms with Gasteiger partial charge >= 0.3 is 0 Å². The zero-order valence-corrected chi connectivity index (χ0v) is 6.27. The standard InChI is InChI=1S/C8H11NO/c1-3-7-4-6(2)8(5-10)9-7/h4-5,9H,3H2,1-2H3. The number of aldehydes is 1. The van der Waals surface area contributed by atoms with E-state index < -0.39 is 0 Å². The molecular formula is C8H11NO. The Bertz CT molecular complexity index is 237. The van der Waals surface area contributed by atoms with Crippen LogP contribution in [0.2, 0.25) is 0 Å². The SMILES string of the molecule is CCc1cc(C)c(C=O)[nH]1. The fourth-order valence-electron chi connectivity index (χ4n) is 0.960. The normalized spacial score (nSPS) is 9.80. The van der Waals surface area contributed by atoms with Crippen LogP contribution in [0.3, 0.4) is 0 Å². The van der Waals surface area contributed by atoms with Gasteiger partial charge in [0.15, 0.2) is 6.29 Å². The van der Waals surface area contributed by atoms with E-state index in [-0.39, 0.29) is 0 Å². The monoisotopic (exact) mass is 137 g/mol. The Balaban J connectivity index is 3.03. The average Bonchev–Trinajstić information content (AvgIpc) is 2.30. The van der Waals surface area contributed by atoms with Crippen molar-refractivity contribution < 1.29 is 4.79 Å². The molecule has 0 bridgehead atoms. The van der Waals surface area contributed by atoms with Crippen LogP contribution in [-0.2, 0) is 6.42 Å². The van der Waals surface area contributed by atoms with Gasteiger partial charge in [0.2, 0.25) is 0 Å². The summed E-state index contributed by atoms with van der Waals surface area (Å²) in [6.45, 7) is 3.99. The lowest BCUT2D eigenvalue weighted by atomic mass is 10.2. The number of hydrogen-bond donors (Lipinski definition) is 1. The van der Waals surface area contributed by atoms with E-state index in [1.54, 1.807) is 0 Å². The lowest BCUT2D eigenvalue weighted by Gasteiger charge is -1.84. The quantitative estimate of drug-likeness (QED) is 0.618. The topological polar surface area (TPSA) is 32.9 Å². The molecule has 0 aromatic carbocycles. The van der Waals surface area contributed by atoms with Crippen LogP contribution in [0, 0.1) is 6.92 Å². The summed E-state index contributed by atoms with van der Waals surface area (Å²) in [5.41, 5.74) is 2.86. The summed E-state index contributed by atoms with van der Waals surface area (Å²) in [5.74, 6) is 0. The molecule has 0 aliphatic rings. The van der Waals surface area contributed by atoms with E-state index in [1.165, 1.54) is 0 Å². The maximum atomic E-state index is 10.3. The number of carbonyl (C=O) groups excluding carboxylic acids is 1. The van der Waals surface area contributed by atoms with Crippen LogP contribution in [-0.4, -0.2) is 11.3 Å². The molecule has 0 aliphatic carbocycles. The number of aromatic nitrogens is 1. The van der Waals surface area contributed by atoms with Gasteiger partial charge in [-0.05, 0) is 25.0 Å². The number of aromatic amines is 1. The van der Waals surface area contributed by atoms with Gasteiger partial charge in [0.05, 0.1) is 5.69 Å². The minimum absolute atomic E-state index is 0.705. The number of nitrogens with one attached hydrogen (secondary N) is 1. The average molecular weight is 137 g/mol. The fourth-order valence-corrected chi connectivity index (χ4v) is 0.960. The molecule has 0 fully saturated rings. The third kappa shape index (κ3) is 1.10. The number of carbonyl (C=O) groups is 1. The van der Waals surface area contributed by atoms with E-state index in [4.69, 9.17) is 0 Å². The van der Waals surface area contributed by atoms with Gasteiger partial charge in [0.1, 0.15) is 0 Å². The number of rotatable bonds is 2. The molecule has 0 saturated carbocycles. The Morgan fingerprint density at radius 2 is 2.40 bits per heavy atom. The van der Waals surface area contributed by atoms with Gasteiger partial charge in [-0.1, -0.05) is 6.92 Å². The Hall–Kier alpha value is -1.05. The van der Waals surface area contributed by atoms with Gasteiger partial charge in [-0.2, -0.15) is 0 Å². The van der Waals surface area contributed by atoms with Crippen molar-refractivity contribution in [1.29, 1.82) is 0 Å². The minimum Gasteiger partial charge on any atom is -0.356 e. The van der Waals surface area contributed by atoms with Crippen LogP contribution in [0.1, 0.15) is 28.7 Å². The summed E-state index contributed by atoms with van der Waals surface area (Å²) in [6.07, 6.45) is 1.81. The minimum atomic E-state index is 0.705. The van der Waals surface area contributed by atoms with Crippen molar-refractivity contribution in [2.24, 2.45) is 0 Å². The van der Waals surface area contributed by atoms with Crippen LogP contribution in [0.25, 0.3) is 0 Å². The van der Waals surface area contributed by atoms with Gasteiger partial charge < -0.3 is 4.98 Å². The molecule has 54 valence electrons. The summed E-state index contributed by atoms with van der Waals surface area (Å²) in [4.78, 5) is 13.3. The van der Waals surface area contributed by atoms with Crippen molar-refractivity contribution in [3.8, 4) is 0 Å². The predicted molar refractivity (Wildman–Crippen MR) is 40.3 cm³/mol. The van der Waals surface area contributed by atoms with Crippen LogP contribution in [0.15, 0.2) is 6.07 Å². The Kier molecular flexibility index (Phi) is 1.90. The number of aryl methyl sites for hydroxylation is 2. The Morgan fingerprint density at radius 1 is 1.70 bits per heavy atom. The molecule has 0 atom stereocenters. The molecule has 2 nitrogen and oxygen atoms in total. The van der Waals surface area contributed by atoms with Crippen molar-refractivity contribution in [3.63, 3.8) is 0 Å². The van der Waals surface area contributed by atoms with Crippen molar-refractivity contribution in [2.75, 3.05) is 0 Å². The molecule has 1 rings (SSSR count). The van der Waals surface area contributed by atoms with E-state index in [0.717, 1.165) is 24.0 Å². The second kappa shape index (κ2) is 2.69. The maximum Gasteiger partial charge on any atom is 0.166 e. The van der Waals surface area contributed by atoms with E-state index in [9.17, 15) is 4.79 Å². The zero-order valence-electron chi connectivity index (χ0n) is 6.27. The molecule has 0 saturated heterocycles. The largest absolute Gasteiger partial charge is 0.356 e. The first-order chi connectivity index (χ1) is 4.77. The molecule has 1 aromatic heterocycles. The highest BCUT2D eigenvalue weighted by Gasteiger charge is 1.99. The molecule has 2 heteroatoms. The smallest absolute Gasteiger partial charge is 0.166 e. The predicted octanol–water partition coefficient (Wildman–Crippen LogP) is 1.70. The highest BCUT2D eigenvalue weighted by atomic mass is 16.1. The molecule has 1 N–H and O–H groups in total. The third-order valence-corrected chi connectivity index (χ3v) is 1.61. The summed E-state index contributed by atoms with van der Waals surface area (Å²) >= 11 is 0. The third-order valence-electron chi connectivity index (χ3n) is 1.61. The van der Waals surface area contributed by atoms with Crippen LogP contribution < -0.4 is 0 Å². The van der Waals surface area contributed by atoms with Crippen LogP contribution >= 0.6 is 0 Å². The Morgan fingerprint density at radius 3 is 2.70 bits per heavy atom. The second-order valence-electron chi connectivity index (χ2n) is 2.36. The summed E-state index contributed by atoms with van der Waals surface area (Å²) in [5, 5.41) is 0. The molecule has 0 amide bonds. The lowest BCUT2D eigenvalue weighted by molar-refractivity contribution is 0.111. The first-order valence-electron chi connectivity index (χ1n) is 3.41. The lowest BCUT2D eigenvalue weighted by Crippen LogP contribution is -1.82. The van der Waals surface area contributed by atoms with Crippen LogP contribution in [0.5, 0.6) is 0 Å². The molecule has 0 spiro atoms. The van der Waals surface area contributed by atoms with Crippen molar-refractivity contribution >= 4 is 6.29 Å². The first-order valence-corrected chi connectivity index (χ1v) is 3.41. The van der Waals surface area contributed by atoms with Gasteiger partial charge in [0, 0.05) is 5.69 Å². The van der Waals surface area contributed by atoms with Crippen molar-refractivity contribution in [3.05, 3.63) is 23.0 Å². The summed E-state index contributed by atoms with van der Waals surface area (Å²) in [6, 6.07) is 2.00. The molecule has 10 heavy (non-hydrogen) atoms. The molecule has 0 radical (unpaired) electrons. The van der Waals surface area contributed by atoms with Gasteiger partial charge in [-0.15, -0.1) is 0 Å². The maximum absolute atomic E-state index is 10.3. The fraction of sp³-hybridized carbons (Fsp3) is 0.375. The van der Waals surface area contributed by atoms with Crippen molar-refractivity contribution in [1.82, 2.24) is 4.98 Å². The number of hydrogen-bond acceptors (Lipinski definition) is 1.